The van der Waals surface area contributed by atoms with Crippen LogP contribution >= 0.6 is 15.9 Å². The van der Waals surface area contributed by atoms with E-state index in [9.17, 15) is 14.7 Å². The number of fused-ring (bicyclic) bond motifs is 4. The van der Waals surface area contributed by atoms with Gasteiger partial charge in [0.25, 0.3) is 5.91 Å². The maximum absolute atomic E-state index is 14.4. The third-order valence-corrected chi connectivity index (χ3v) is 9.69. The topological polar surface area (TPSA) is 88.5 Å². The highest BCUT2D eigenvalue weighted by atomic mass is 79.9. The van der Waals surface area contributed by atoms with Crippen molar-refractivity contribution in [2.45, 2.75) is 64.0 Å². The molecule has 3 aromatic carbocycles. The van der Waals surface area contributed by atoms with Crippen LogP contribution < -0.4 is 10.1 Å². The highest BCUT2D eigenvalue weighted by molar-refractivity contribution is 9.10. The summed E-state index contributed by atoms with van der Waals surface area (Å²) in [5.41, 5.74) is 3.38. The average molecular weight is 614 g/mol. The van der Waals surface area contributed by atoms with Crippen LogP contribution in [0.3, 0.4) is 0 Å². The van der Waals surface area contributed by atoms with Crippen molar-refractivity contribution in [3.05, 3.63) is 94.0 Å². The SMILES string of the molecule is CCc1ccccc1O[C@H]1CC2(C(=O)O)CCC1(NC(=O)c1c(C)c(-c3ccccc3)nc3ccc(Br)cc13)CC2. The van der Waals surface area contributed by atoms with Crippen LogP contribution in [-0.4, -0.2) is 33.6 Å². The molecular formula is C34H33BrN2O4. The number of nitrogens with one attached hydrogen (secondary N) is 1. The summed E-state index contributed by atoms with van der Waals surface area (Å²) in [6.07, 6.45) is 2.79. The van der Waals surface area contributed by atoms with E-state index in [4.69, 9.17) is 9.72 Å². The van der Waals surface area contributed by atoms with Gasteiger partial charge in [-0.25, -0.2) is 4.98 Å². The quantitative estimate of drug-likeness (QED) is 0.225. The Morgan fingerprint density at radius 3 is 2.44 bits per heavy atom. The van der Waals surface area contributed by atoms with Gasteiger partial charge in [0.05, 0.1) is 27.7 Å². The van der Waals surface area contributed by atoms with Crippen molar-refractivity contribution in [2.24, 2.45) is 5.41 Å². The van der Waals surface area contributed by atoms with Crippen molar-refractivity contribution in [3.63, 3.8) is 0 Å². The molecule has 7 heteroatoms. The molecule has 1 heterocycles. The van der Waals surface area contributed by atoms with E-state index in [-0.39, 0.29) is 5.91 Å². The fourth-order valence-electron chi connectivity index (χ4n) is 6.77. The number of carbonyl (C=O) groups is 2. The Hall–Kier alpha value is -3.71. The first-order valence-electron chi connectivity index (χ1n) is 14.2. The molecule has 4 aromatic rings. The highest BCUT2D eigenvalue weighted by Crippen LogP contribution is 2.54. The summed E-state index contributed by atoms with van der Waals surface area (Å²) in [5, 5.41) is 14.4. The van der Waals surface area contributed by atoms with Gasteiger partial charge in [-0.15, -0.1) is 0 Å². The fourth-order valence-corrected chi connectivity index (χ4v) is 7.13. The zero-order chi connectivity index (χ0) is 28.8. The van der Waals surface area contributed by atoms with E-state index in [0.29, 0.717) is 37.7 Å². The van der Waals surface area contributed by atoms with Crippen molar-refractivity contribution in [1.29, 1.82) is 0 Å². The van der Waals surface area contributed by atoms with Crippen LogP contribution in [0.4, 0.5) is 0 Å². The molecule has 7 rings (SSSR count). The molecule has 0 saturated heterocycles. The first-order chi connectivity index (χ1) is 19.7. The molecule has 6 nitrogen and oxygen atoms in total. The third-order valence-electron chi connectivity index (χ3n) is 9.20. The number of para-hydroxylation sites is 1. The molecule has 3 saturated carbocycles. The van der Waals surface area contributed by atoms with Gasteiger partial charge in [-0.2, -0.15) is 0 Å². The summed E-state index contributed by atoms with van der Waals surface area (Å²) < 4.78 is 7.52. The van der Waals surface area contributed by atoms with Crippen LogP contribution in [0.2, 0.25) is 0 Å². The van der Waals surface area contributed by atoms with Crippen LogP contribution in [-0.2, 0) is 11.2 Å². The number of amides is 1. The number of nitrogens with zero attached hydrogens (tertiary/aromatic N) is 1. The number of hydrogen-bond acceptors (Lipinski definition) is 4. The van der Waals surface area contributed by atoms with Gasteiger partial charge < -0.3 is 15.2 Å². The van der Waals surface area contributed by atoms with E-state index in [1.165, 1.54) is 0 Å². The minimum atomic E-state index is -0.830. The number of carboxylic acids is 1. The molecule has 0 aliphatic heterocycles. The number of pyridine rings is 1. The number of ether oxygens (including phenoxy) is 1. The molecule has 3 aliphatic carbocycles. The maximum atomic E-state index is 14.4. The summed E-state index contributed by atoms with van der Waals surface area (Å²) in [6, 6.07) is 23.6. The fraction of sp³-hybridized carbons (Fsp3) is 0.324. The average Bonchev–Trinajstić information content (AvgIpc) is 2.98. The molecule has 210 valence electrons. The summed E-state index contributed by atoms with van der Waals surface area (Å²) in [7, 11) is 0. The smallest absolute Gasteiger partial charge is 0.309 e. The number of aryl methyl sites for hydroxylation is 1. The number of hydrogen-bond donors (Lipinski definition) is 2. The first kappa shape index (κ1) is 27.5. The standard InChI is InChI=1S/C34H33BrN2O4/c1-3-22-9-7-8-12-27(22)41-28-20-33(32(39)40)15-17-34(28,18-16-33)37-31(38)29-21(2)30(23-10-5-4-6-11-23)36-26-14-13-24(35)19-25(26)29/h4-14,19,28H,3,15-18,20H2,1-2H3,(H,37,38)(H,39,40)/t28-,33?,34?/m0/s1. The number of benzene rings is 3. The highest BCUT2D eigenvalue weighted by Gasteiger charge is 2.59. The number of carboxylic acid groups (broad SMARTS) is 1. The number of halogens is 1. The molecule has 1 aromatic heterocycles. The summed E-state index contributed by atoms with van der Waals surface area (Å²) in [6.45, 7) is 4.02. The van der Waals surface area contributed by atoms with Crippen LogP contribution in [0, 0.1) is 12.3 Å². The van der Waals surface area contributed by atoms with E-state index in [1.54, 1.807) is 0 Å². The molecule has 0 spiro atoms. The minimum absolute atomic E-state index is 0.188. The van der Waals surface area contributed by atoms with Crippen LogP contribution in [0.1, 0.15) is 60.5 Å². The van der Waals surface area contributed by atoms with Gasteiger partial charge in [0.15, 0.2) is 0 Å². The first-order valence-corrected chi connectivity index (χ1v) is 15.0. The van der Waals surface area contributed by atoms with E-state index in [1.807, 2.05) is 79.7 Å². The van der Waals surface area contributed by atoms with E-state index in [0.717, 1.165) is 49.9 Å². The van der Waals surface area contributed by atoms with Gasteiger partial charge in [0.2, 0.25) is 0 Å². The lowest BCUT2D eigenvalue weighted by Crippen LogP contribution is -2.67. The molecular weight excluding hydrogens is 580 g/mol. The summed E-state index contributed by atoms with van der Waals surface area (Å²) >= 11 is 3.58. The van der Waals surface area contributed by atoms with Gasteiger partial charge in [-0.1, -0.05) is 71.4 Å². The van der Waals surface area contributed by atoms with Gasteiger partial charge in [-0.05, 0) is 74.4 Å². The largest absolute Gasteiger partial charge is 0.488 e. The second-order valence-electron chi connectivity index (χ2n) is 11.5. The number of rotatable bonds is 7. The second kappa shape index (κ2) is 10.6. The predicted molar refractivity (Wildman–Crippen MR) is 163 cm³/mol. The lowest BCUT2D eigenvalue weighted by Gasteiger charge is -2.55. The van der Waals surface area contributed by atoms with Gasteiger partial charge >= 0.3 is 5.97 Å². The van der Waals surface area contributed by atoms with Gasteiger partial charge in [-0.3, -0.25) is 9.59 Å². The Kier molecular flexibility index (Phi) is 7.10. The Balaban J connectivity index is 1.43. The van der Waals surface area contributed by atoms with Gasteiger partial charge in [0.1, 0.15) is 11.9 Å². The van der Waals surface area contributed by atoms with E-state index in [2.05, 4.69) is 28.2 Å². The van der Waals surface area contributed by atoms with Crippen molar-refractivity contribution in [3.8, 4) is 17.0 Å². The van der Waals surface area contributed by atoms with E-state index < -0.39 is 23.0 Å². The van der Waals surface area contributed by atoms with Crippen molar-refractivity contribution >= 4 is 38.7 Å². The van der Waals surface area contributed by atoms with Crippen molar-refractivity contribution < 1.29 is 19.4 Å². The van der Waals surface area contributed by atoms with E-state index >= 15 is 0 Å². The molecule has 0 radical (unpaired) electrons. The Morgan fingerprint density at radius 1 is 1.02 bits per heavy atom. The van der Waals surface area contributed by atoms with Gasteiger partial charge in [0, 0.05) is 21.8 Å². The zero-order valence-corrected chi connectivity index (χ0v) is 24.8. The monoisotopic (exact) mass is 612 g/mol. The number of carbonyl (C=O) groups excluding carboxylic acids is 1. The second-order valence-corrected chi connectivity index (χ2v) is 12.4. The van der Waals surface area contributed by atoms with Crippen LogP contribution in [0.15, 0.2) is 77.3 Å². The number of aliphatic carboxylic acids is 1. The third kappa shape index (κ3) is 4.80. The molecule has 3 fully saturated rings. The zero-order valence-electron chi connectivity index (χ0n) is 23.2. The molecule has 3 aliphatic rings. The Bertz CT molecular complexity index is 1640. The molecule has 2 N–H and O–H groups in total. The minimum Gasteiger partial charge on any atom is -0.488 e. The summed E-state index contributed by atoms with van der Waals surface area (Å²) in [4.78, 5) is 31.8. The maximum Gasteiger partial charge on any atom is 0.309 e. The molecule has 1 atom stereocenters. The normalized spacial score (nSPS) is 23.3. The predicted octanol–water partition coefficient (Wildman–Crippen LogP) is 7.50. The molecule has 1 amide bonds. The molecule has 2 bridgehead atoms. The number of aromatic nitrogens is 1. The lowest BCUT2D eigenvalue weighted by atomic mass is 9.55. The van der Waals surface area contributed by atoms with Crippen molar-refractivity contribution in [1.82, 2.24) is 10.3 Å². The molecule has 0 unspecified atom stereocenters. The lowest BCUT2D eigenvalue weighted by molar-refractivity contribution is -0.163. The Morgan fingerprint density at radius 2 is 1.73 bits per heavy atom. The van der Waals surface area contributed by atoms with Crippen molar-refractivity contribution in [2.75, 3.05) is 0 Å². The molecule has 41 heavy (non-hydrogen) atoms. The Labute approximate surface area is 248 Å². The summed E-state index contributed by atoms with van der Waals surface area (Å²) in [5.74, 6) is -0.211. The van der Waals surface area contributed by atoms with Crippen LogP contribution in [0.25, 0.3) is 22.2 Å². The van der Waals surface area contributed by atoms with Crippen LogP contribution in [0.5, 0.6) is 5.75 Å².